The number of carbonyl (C=O) groups is 2. The van der Waals surface area contributed by atoms with Crippen molar-refractivity contribution in [3.63, 3.8) is 0 Å². The SMILES string of the molecule is CCCCCCCCCCCCCC(=O)O[C@@]12[C@H](O)[C@@H](O)[C@@]3(O)[C@@H](C=C(CO)C[C@]4(O)C(=O)C(C)=C[C@@H]34)[C@@H]1C2(C)C. The van der Waals surface area contributed by atoms with E-state index >= 15 is 0 Å². The summed E-state index contributed by atoms with van der Waals surface area (Å²) < 4.78 is 6.03. The molecule has 8 atom stereocenters. The molecule has 2 fully saturated rings. The molecule has 8 heteroatoms. The largest absolute Gasteiger partial charge is 0.455 e. The number of fused-ring (bicyclic) bond motifs is 5. The first-order valence-corrected chi connectivity index (χ1v) is 15.9. The number of hydrogen-bond acceptors (Lipinski definition) is 8. The van der Waals surface area contributed by atoms with Crippen LogP contribution in [0, 0.1) is 23.2 Å². The molecule has 4 aliphatic rings. The summed E-state index contributed by atoms with van der Waals surface area (Å²) in [5.74, 6) is -3.67. The van der Waals surface area contributed by atoms with E-state index in [0.29, 0.717) is 12.0 Å². The van der Waals surface area contributed by atoms with Crippen molar-refractivity contribution in [1.29, 1.82) is 0 Å². The lowest BCUT2D eigenvalue weighted by atomic mass is 9.62. The Bertz CT molecular complexity index is 1050. The highest BCUT2D eigenvalue weighted by Gasteiger charge is 2.87. The van der Waals surface area contributed by atoms with Crippen LogP contribution in [0.15, 0.2) is 23.3 Å². The van der Waals surface area contributed by atoms with E-state index in [-0.39, 0.29) is 18.4 Å². The molecule has 41 heavy (non-hydrogen) atoms. The highest BCUT2D eigenvalue weighted by atomic mass is 16.6. The molecule has 0 radical (unpaired) electrons. The van der Waals surface area contributed by atoms with Crippen LogP contribution in [0.4, 0.5) is 0 Å². The summed E-state index contributed by atoms with van der Waals surface area (Å²) in [7, 11) is 0. The number of aliphatic hydroxyl groups excluding tert-OH is 3. The fourth-order valence-corrected chi connectivity index (χ4v) is 8.50. The van der Waals surface area contributed by atoms with Gasteiger partial charge in [0, 0.05) is 36.0 Å². The standard InChI is InChI=1S/C33H52O8/c1-5-6-7-8-9-10-11-12-13-14-15-16-25(35)41-33-26(30(33,3)4)23-18-22(20-34)19-31(39)24(17-21(2)27(31)36)32(23,40)28(37)29(33)38/h17-18,23-24,26,28-29,34,37-40H,5-16,19-20H2,1-4H3/t23-,24+,26+,28+,29+,31+,32+,33+/m0/s1. The van der Waals surface area contributed by atoms with Gasteiger partial charge in [-0.1, -0.05) is 97.1 Å². The van der Waals surface area contributed by atoms with Crippen LogP contribution in [0.3, 0.4) is 0 Å². The van der Waals surface area contributed by atoms with Gasteiger partial charge in [-0.3, -0.25) is 9.59 Å². The molecule has 232 valence electrons. The number of rotatable bonds is 14. The summed E-state index contributed by atoms with van der Waals surface area (Å²) in [6.07, 6.45) is 12.4. The zero-order valence-corrected chi connectivity index (χ0v) is 25.4. The first-order valence-electron chi connectivity index (χ1n) is 15.9. The highest BCUT2D eigenvalue weighted by molar-refractivity contribution is 6.04. The monoisotopic (exact) mass is 576 g/mol. The van der Waals surface area contributed by atoms with Gasteiger partial charge in [0.25, 0.3) is 0 Å². The minimum Gasteiger partial charge on any atom is -0.455 e. The second-order valence-electron chi connectivity index (χ2n) is 13.8. The number of carbonyl (C=O) groups excluding carboxylic acids is 2. The zero-order chi connectivity index (χ0) is 30.2. The van der Waals surface area contributed by atoms with Crippen LogP contribution in [0.5, 0.6) is 0 Å². The van der Waals surface area contributed by atoms with Gasteiger partial charge in [0.05, 0.1) is 6.61 Å². The number of hydrogen-bond donors (Lipinski definition) is 5. The third-order valence-electron chi connectivity index (χ3n) is 10.8. The van der Waals surface area contributed by atoms with Crippen LogP contribution in [-0.2, 0) is 14.3 Å². The third-order valence-corrected chi connectivity index (χ3v) is 10.8. The van der Waals surface area contributed by atoms with Crippen molar-refractivity contribution in [3.05, 3.63) is 23.3 Å². The van der Waals surface area contributed by atoms with Gasteiger partial charge >= 0.3 is 5.97 Å². The molecule has 0 aromatic rings. The number of unbranched alkanes of at least 4 members (excludes halogenated alkanes) is 10. The third kappa shape index (κ3) is 5.26. The maximum absolute atomic E-state index is 13.1. The number of Topliss-reactive ketones (excluding diaryl/α,β-unsaturated/α-hetero) is 1. The van der Waals surface area contributed by atoms with Gasteiger partial charge in [0.2, 0.25) is 0 Å². The van der Waals surface area contributed by atoms with E-state index in [2.05, 4.69) is 6.92 Å². The lowest BCUT2D eigenvalue weighted by molar-refractivity contribution is -0.244. The van der Waals surface area contributed by atoms with E-state index in [1.165, 1.54) is 51.0 Å². The van der Waals surface area contributed by atoms with Crippen LogP contribution in [-0.4, -0.2) is 72.9 Å². The molecule has 2 saturated carbocycles. The van der Waals surface area contributed by atoms with Gasteiger partial charge in [-0.05, 0) is 24.5 Å². The fraction of sp³-hybridized carbons (Fsp3) is 0.818. The molecule has 0 aliphatic heterocycles. The molecule has 5 N–H and O–H groups in total. The Kier molecular flexibility index (Phi) is 9.62. The van der Waals surface area contributed by atoms with Gasteiger partial charge in [0.1, 0.15) is 29.0 Å². The van der Waals surface area contributed by atoms with Gasteiger partial charge in [0.15, 0.2) is 5.78 Å². The van der Waals surface area contributed by atoms with E-state index in [1.807, 2.05) is 13.8 Å². The number of ketones is 1. The molecular formula is C33H52O8. The summed E-state index contributed by atoms with van der Waals surface area (Å²) >= 11 is 0. The highest BCUT2D eigenvalue weighted by Crippen LogP contribution is 2.75. The van der Waals surface area contributed by atoms with Gasteiger partial charge in [-0.15, -0.1) is 0 Å². The van der Waals surface area contributed by atoms with Crippen molar-refractivity contribution >= 4 is 11.8 Å². The summed E-state index contributed by atoms with van der Waals surface area (Å²) in [5.41, 5.74) is -5.77. The summed E-state index contributed by atoms with van der Waals surface area (Å²) in [4.78, 5) is 26.1. The van der Waals surface area contributed by atoms with Crippen LogP contribution >= 0.6 is 0 Å². The van der Waals surface area contributed by atoms with Crippen molar-refractivity contribution in [1.82, 2.24) is 0 Å². The number of aliphatic hydroxyl groups is 5. The lowest BCUT2D eigenvalue weighted by Gasteiger charge is -2.51. The molecule has 0 aromatic carbocycles. The van der Waals surface area contributed by atoms with Crippen LogP contribution in [0.2, 0.25) is 0 Å². The van der Waals surface area contributed by atoms with Crippen molar-refractivity contribution in [3.8, 4) is 0 Å². The first-order chi connectivity index (χ1) is 19.3. The molecule has 8 nitrogen and oxygen atoms in total. The molecule has 4 rings (SSSR count). The van der Waals surface area contributed by atoms with Crippen molar-refractivity contribution in [2.45, 2.75) is 140 Å². The molecule has 0 bridgehead atoms. The van der Waals surface area contributed by atoms with Gasteiger partial charge in [-0.2, -0.15) is 0 Å². The van der Waals surface area contributed by atoms with E-state index in [1.54, 1.807) is 13.0 Å². The first kappa shape index (κ1) is 32.3. The molecule has 0 heterocycles. The lowest BCUT2D eigenvalue weighted by Crippen LogP contribution is -2.69. The molecule has 0 aromatic heterocycles. The Morgan fingerprint density at radius 2 is 1.49 bits per heavy atom. The minimum atomic E-state index is -2.11. The van der Waals surface area contributed by atoms with E-state index < -0.39 is 70.5 Å². The molecular weight excluding hydrogens is 524 g/mol. The Morgan fingerprint density at radius 1 is 0.927 bits per heavy atom. The van der Waals surface area contributed by atoms with Crippen molar-refractivity contribution in [2.75, 3.05) is 6.61 Å². The van der Waals surface area contributed by atoms with Gasteiger partial charge < -0.3 is 30.3 Å². The van der Waals surface area contributed by atoms with Gasteiger partial charge in [-0.25, -0.2) is 0 Å². The van der Waals surface area contributed by atoms with Crippen molar-refractivity contribution < 1.29 is 39.9 Å². The summed E-state index contributed by atoms with van der Waals surface area (Å²) in [5, 5.41) is 56.7. The van der Waals surface area contributed by atoms with E-state index in [0.717, 1.165) is 19.3 Å². The molecule has 0 spiro atoms. The normalized spacial score (nSPS) is 38.8. The topological polar surface area (TPSA) is 145 Å². The molecule has 0 saturated heterocycles. The Balaban J connectivity index is 1.41. The Labute approximate surface area is 244 Å². The van der Waals surface area contributed by atoms with Crippen molar-refractivity contribution in [2.24, 2.45) is 23.2 Å². The van der Waals surface area contributed by atoms with E-state index in [9.17, 15) is 35.1 Å². The number of esters is 1. The quantitative estimate of drug-likeness (QED) is 0.119. The zero-order valence-electron chi connectivity index (χ0n) is 25.4. The van der Waals surface area contributed by atoms with Crippen LogP contribution < -0.4 is 0 Å². The molecule has 4 aliphatic carbocycles. The minimum absolute atomic E-state index is 0.193. The average Bonchev–Trinajstić information content (AvgIpc) is 3.36. The maximum atomic E-state index is 13.1. The van der Waals surface area contributed by atoms with Crippen LogP contribution in [0.25, 0.3) is 0 Å². The molecule has 0 amide bonds. The number of ether oxygens (including phenoxy) is 1. The van der Waals surface area contributed by atoms with E-state index in [4.69, 9.17) is 4.74 Å². The summed E-state index contributed by atoms with van der Waals surface area (Å²) in [6.45, 7) is 6.99. The maximum Gasteiger partial charge on any atom is 0.306 e. The van der Waals surface area contributed by atoms with Crippen LogP contribution in [0.1, 0.15) is 111 Å². The summed E-state index contributed by atoms with van der Waals surface area (Å²) in [6, 6.07) is 0. The second kappa shape index (κ2) is 12.2. The average molecular weight is 577 g/mol. The predicted octanol–water partition coefficient (Wildman–Crippen LogP) is 3.91. The Hall–Kier alpha value is -1.58. The smallest absolute Gasteiger partial charge is 0.306 e. The second-order valence-corrected chi connectivity index (χ2v) is 13.8. The Morgan fingerprint density at radius 3 is 2.05 bits per heavy atom. The fourth-order valence-electron chi connectivity index (χ4n) is 8.50. The predicted molar refractivity (Wildman–Crippen MR) is 155 cm³/mol. The molecule has 0 unspecified atom stereocenters.